The summed E-state index contributed by atoms with van der Waals surface area (Å²) in [7, 11) is 1.77. The van der Waals surface area contributed by atoms with E-state index in [9.17, 15) is 4.39 Å². The molecule has 2 rings (SSSR count). The van der Waals surface area contributed by atoms with Crippen LogP contribution in [0, 0.1) is 12.7 Å². The number of rotatable bonds is 3. The Labute approximate surface area is 110 Å². The lowest BCUT2D eigenvalue weighted by Crippen LogP contribution is -2.19. The third-order valence-electron chi connectivity index (χ3n) is 2.60. The lowest BCUT2D eigenvalue weighted by Gasteiger charge is -2.18. The summed E-state index contributed by atoms with van der Waals surface area (Å²) in [5.41, 5.74) is 2.27. The van der Waals surface area contributed by atoms with Gasteiger partial charge >= 0.3 is 0 Å². The van der Waals surface area contributed by atoms with Gasteiger partial charge in [0.05, 0.1) is 6.20 Å². The predicted octanol–water partition coefficient (Wildman–Crippen LogP) is 3.21. The number of aromatic nitrogens is 2. The fraction of sp³-hybridized carbons (Fsp3) is 0.231. The normalized spacial score (nSPS) is 10.4. The van der Waals surface area contributed by atoms with Gasteiger partial charge in [-0.05, 0) is 24.1 Å². The molecule has 18 heavy (non-hydrogen) atoms. The van der Waals surface area contributed by atoms with Gasteiger partial charge in [-0.1, -0.05) is 29.8 Å². The Morgan fingerprint density at radius 3 is 2.61 bits per heavy atom. The average Bonchev–Trinajstić information content (AvgIpc) is 2.35. The van der Waals surface area contributed by atoms with E-state index in [0.717, 1.165) is 11.8 Å². The van der Waals surface area contributed by atoms with Gasteiger partial charge in [0.25, 0.3) is 0 Å². The van der Waals surface area contributed by atoms with Crippen LogP contribution in [0.4, 0.5) is 10.2 Å². The summed E-state index contributed by atoms with van der Waals surface area (Å²) in [5.74, 6) is -0.274. The molecule has 0 radical (unpaired) electrons. The zero-order chi connectivity index (χ0) is 13.1. The second-order valence-electron chi connectivity index (χ2n) is 4.15. The Bertz CT molecular complexity index is 542. The first-order valence-electron chi connectivity index (χ1n) is 5.51. The number of anilines is 1. The Balaban J connectivity index is 2.18. The number of hydrogen-bond acceptors (Lipinski definition) is 3. The van der Waals surface area contributed by atoms with Crippen molar-refractivity contribution in [2.24, 2.45) is 0 Å². The lowest BCUT2D eigenvalue weighted by atomic mass is 10.1. The van der Waals surface area contributed by atoms with Crippen LogP contribution in [0.15, 0.2) is 30.5 Å². The van der Waals surface area contributed by atoms with Crippen LogP contribution in [0.3, 0.4) is 0 Å². The molecule has 3 nitrogen and oxygen atoms in total. The molecule has 0 aliphatic rings. The Hall–Kier alpha value is -1.68. The highest BCUT2D eigenvalue weighted by Crippen LogP contribution is 2.18. The molecule has 0 atom stereocenters. The van der Waals surface area contributed by atoms with E-state index in [1.54, 1.807) is 11.9 Å². The van der Waals surface area contributed by atoms with Crippen molar-refractivity contribution >= 4 is 17.4 Å². The summed E-state index contributed by atoms with van der Waals surface area (Å²) in [6.45, 7) is 2.59. The van der Waals surface area contributed by atoms with E-state index in [1.807, 2.05) is 31.2 Å². The van der Waals surface area contributed by atoms with Crippen LogP contribution in [0.2, 0.25) is 5.28 Å². The van der Waals surface area contributed by atoms with Gasteiger partial charge in [-0.3, -0.25) is 0 Å². The van der Waals surface area contributed by atoms with Crippen molar-refractivity contribution < 1.29 is 4.39 Å². The Morgan fingerprint density at radius 1 is 1.28 bits per heavy atom. The monoisotopic (exact) mass is 265 g/mol. The first kappa shape index (κ1) is 12.8. The van der Waals surface area contributed by atoms with Gasteiger partial charge < -0.3 is 4.90 Å². The average molecular weight is 266 g/mol. The number of aryl methyl sites for hydroxylation is 1. The quantitative estimate of drug-likeness (QED) is 0.798. The molecule has 0 unspecified atom stereocenters. The molecule has 0 spiro atoms. The third kappa shape index (κ3) is 2.96. The van der Waals surface area contributed by atoms with Crippen molar-refractivity contribution in [3.8, 4) is 0 Å². The highest BCUT2D eigenvalue weighted by atomic mass is 35.5. The van der Waals surface area contributed by atoms with E-state index in [4.69, 9.17) is 11.6 Å². The van der Waals surface area contributed by atoms with Gasteiger partial charge in [0.2, 0.25) is 5.28 Å². The van der Waals surface area contributed by atoms with Crippen molar-refractivity contribution in [2.75, 3.05) is 11.9 Å². The molecule has 0 fully saturated rings. The third-order valence-corrected chi connectivity index (χ3v) is 2.78. The van der Waals surface area contributed by atoms with Gasteiger partial charge in [-0.25, -0.2) is 9.37 Å². The van der Waals surface area contributed by atoms with Crippen molar-refractivity contribution in [1.82, 2.24) is 9.97 Å². The summed E-state index contributed by atoms with van der Waals surface area (Å²) >= 11 is 5.67. The number of halogens is 2. The smallest absolute Gasteiger partial charge is 0.224 e. The first-order valence-corrected chi connectivity index (χ1v) is 5.89. The minimum atomic E-state index is -0.478. The fourth-order valence-electron chi connectivity index (χ4n) is 1.65. The number of nitrogens with zero attached hydrogens (tertiary/aromatic N) is 3. The molecule has 1 heterocycles. The second kappa shape index (κ2) is 5.31. The zero-order valence-electron chi connectivity index (χ0n) is 10.2. The van der Waals surface area contributed by atoms with Crippen LogP contribution >= 0.6 is 11.6 Å². The van der Waals surface area contributed by atoms with E-state index < -0.39 is 5.82 Å². The largest absolute Gasteiger partial charge is 0.353 e. The fourth-order valence-corrected chi connectivity index (χ4v) is 1.78. The summed E-state index contributed by atoms with van der Waals surface area (Å²) in [4.78, 5) is 9.19. The Morgan fingerprint density at radius 2 is 1.94 bits per heavy atom. The van der Waals surface area contributed by atoms with Crippen molar-refractivity contribution in [3.05, 3.63) is 52.7 Å². The van der Waals surface area contributed by atoms with Crippen LogP contribution in [-0.4, -0.2) is 17.0 Å². The molecule has 0 saturated heterocycles. The molecular formula is C13H13ClFN3. The molecule has 0 saturated carbocycles. The van der Waals surface area contributed by atoms with Gasteiger partial charge in [0.15, 0.2) is 11.6 Å². The molecule has 2 aromatic rings. The first-order chi connectivity index (χ1) is 8.56. The SMILES string of the molecule is Cc1ccc(CN(C)c2nc(Cl)ncc2F)cc1. The predicted molar refractivity (Wildman–Crippen MR) is 70.3 cm³/mol. The number of benzene rings is 1. The van der Waals surface area contributed by atoms with Gasteiger partial charge in [0.1, 0.15) is 0 Å². The molecule has 1 aromatic heterocycles. The maximum Gasteiger partial charge on any atom is 0.224 e. The Kier molecular flexibility index (Phi) is 3.77. The molecular weight excluding hydrogens is 253 g/mol. The molecule has 0 amide bonds. The molecule has 5 heteroatoms. The van der Waals surface area contributed by atoms with E-state index in [-0.39, 0.29) is 11.1 Å². The van der Waals surface area contributed by atoms with Gasteiger partial charge in [-0.2, -0.15) is 4.98 Å². The van der Waals surface area contributed by atoms with Crippen LogP contribution in [0.5, 0.6) is 0 Å². The molecule has 94 valence electrons. The van der Waals surface area contributed by atoms with E-state index >= 15 is 0 Å². The van der Waals surface area contributed by atoms with Crippen LogP contribution in [0.1, 0.15) is 11.1 Å². The maximum absolute atomic E-state index is 13.6. The van der Waals surface area contributed by atoms with Crippen LogP contribution in [-0.2, 0) is 6.54 Å². The highest BCUT2D eigenvalue weighted by Gasteiger charge is 2.11. The summed E-state index contributed by atoms with van der Waals surface area (Å²) in [5, 5.41) is 0.0437. The maximum atomic E-state index is 13.6. The van der Waals surface area contributed by atoms with Gasteiger partial charge in [0, 0.05) is 13.6 Å². The van der Waals surface area contributed by atoms with Crippen LogP contribution in [0.25, 0.3) is 0 Å². The minimum Gasteiger partial charge on any atom is -0.353 e. The van der Waals surface area contributed by atoms with Crippen molar-refractivity contribution in [2.45, 2.75) is 13.5 Å². The second-order valence-corrected chi connectivity index (χ2v) is 4.49. The summed E-state index contributed by atoms with van der Waals surface area (Å²) < 4.78 is 13.6. The molecule has 0 aliphatic heterocycles. The molecule has 0 bridgehead atoms. The molecule has 1 aromatic carbocycles. The van der Waals surface area contributed by atoms with Crippen molar-refractivity contribution in [1.29, 1.82) is 0 Å². The zero-order valence-corrected chi connectivity index (χ0v) is 10.9. The topological polar surface area (TPSA) is 29.0 Å². The standard InChI is InChI=1S/C13H13ClFN3/c1-9-3-5-10(6-4-9)8-18(2)12-11(15)7-16-13(14)17-12/h3-7H,8H2,1-2H3. The molecule has 0 N–H and O–H groups in total. The van der Waals surface area contributed by atoms with E-state index in [0.29, 0.717) is 6.54 Å². The highest BCUT2D eigenvalue weighted by molar-refractivity contribution is 6.28. The summed E-state index contributed by atoms with van der Waals surface area (Å²) in [6, 6.07) is 8.05. The summed E-state index contributed by atoms with van der Waals surface area (Å²) in [6.07, 6.45) is 1.08. The van der Waals surface area contributed by atoms with Crippen molar-refractivity contribution in [3.63, 3.8) is 0 Å². The van der Waals surface area contributed by atoms with Crippen LogP contribution < -0.4 is 4.90 Å². The van der Waals surface area contributed by atoms with E-state index in [1.165, 1.54) is 5.56 Å². The van der Waals surface area contributed by atoms with E-state index in [2.05, 4.69) is 9.97 Å². The lowest BCUT2D eigenvalue weighted by molar-refractivity contribution is 0.607. The minimum absolute atomic E-state index is 0.0437. The number of hydrogen-bond donors (Lipinski definition) is 0. The molecule has 0 aliphatic carbocycles. The van der Waals surface area contributed by atoms with Gasteiger partial charge in [-0.15, -0.1) is 0 Å².